The van der Waals surface area contributed by atoms with Gasteiger partial charge in [0, 0.05) is 33.2 Å². The number of piperazine rings is 1. The summed E-state index contributed by atoms with van der Waals surface area (Å²) in [5.41, 5.74) is 2.58. The highest BCUT2D eigenvalue weighted by molar-refractivity contribution is 7.89. The quantitative estimate of drug-likeness (QED) is 0.602. The fraction of sp³-hybridized carbons (Fsp3) is 0.444. The van der Waals surface area contributed by atoms with Gasteiger partial charge >= 0.3 is 0 Å². The molecule has 8 nitrogen and oxygen atoms in total. The molecule has 4 rings (SSSR count). The van der Waals surface area contributed by atoms with Gasteiger partial charge in [-0.25, -0.2) is 8.42 Å². The van der Waals surface area contributed by atoms with Gasteiger partial charge in [-0.2, -0.15) is 4.31 Å². The molecule has 0 spiro atoms. The van der Waals surface area contributed by atoms with Crippen LogP contribution in [0.2, 0.25) is 0 Å². The molecule has 0 saturated carbocycles. The first-order valence-corrected chi connectivity index (χ1v) is 10.9. The third-order valence-corrected chi connectivity index (χ3v) is 7.93. The Hall–Kier alpha value is -2.01. The second-order valence-electron chi connectivity index (χ2n) is 7.08. The highest BCUT2D eigenvalue weighted by atomic mass is 32.2. The summed E-state index contributed by atoms with van der Waals surface area (Å²) in [6.45, 7) is 6.03. The van der Waals surface area contributed by atoms with Crippen molar-refractivity contribution < 1.29 is 12.9 Å². The molecule has 0 atom stereocenters. The lowest BCUT2D eigenvalue weighted by Gasteiger charge is -2.34. The summed E-state index contributed by atoms with van der Waals surface area (Å²) in [7, 11) is -1.63. The van der Waals surface area contributed by atoms with Crippen LogP contribution in [0.3, 0.4) is 0 Å². The minimum atomic E-state index is -3.60. The zero-order valence-corrected chi connectivity index (χ0v) is 17.8. The van der Waals surface area contributed by atoms with E-state index in [0.29, 0.717) is 44.3 Å². The number of aromatic nitrogens is 3. The minimum Gasteiger partial charge on any atom is -0.360 e. The van der Waals surface area contributed by atoms with E-state index in [1.807, 2.05) is 23.7 Å². The summed E-state index contributed by atoms with van der Waals surface area (Å²) in [5, 5.41) is 3.78. The molecule has 10 heteroatoms. The number of nitrogens with zero attached hydrogens (tertiary/aromatic N) is 5. The maximum absolute atomic E-state index is 13.0. The Labute approximate surface area is 169 Å². The van der Waals surface area contributed by atoms with E-state index in [0.717, 1.165) is 15.8 Å². The van der Waals surface area contributed by atoms with Gasteiger partial charge in [-0.15, -0.1) is 0 Å². The highest BCUT2D eigenvalue weighted by Gasteiger charge is 2.33. The van der Waals surface area contributed by atoms with E-state index in [1.165, 1.54) is 4.31 Å². The molecule has 0 unspecified atom stereocenters. The number of hydrogen-bond donors (Lipinski definition) is 0. The Morgan fingerprint density at radius 1 is 1.11 bits per heavy atom. The van der Waals surface area contributed by atoms with Gasteiger partial charge in [0.15, 0.2) is 10.5 Å². The van der Waals surface area contributed by atoms with E-state index in [4.69, 9.17) is 16.7 Å². The lowest BCUT2D eigenvalue weighted by molar-refractivity contribution is 0.153. The number of hydrogen-bond acceptors (Lipinski definition) is 6. The standard InChI is InChI=1S/C18H23N5O3S2/c1-13-17(14(2)26-19-13)28(24,25)22-10-8-21(9-11-22)12-23-16-7-5-4-6-15(16)20(3)18(23)27/h4-7H,8-12H2,1-3H3. The first kappa shape index (κ1) is 19.3. The van der Waals surface area contributed by atoms with Crippen molar-refractivity contribution in [2.24, 2.45) is 7.05 Å². The number of para-hydroxylation sites is 2. The summed E-state index contributed by atoms with van der Waals surface area (Å²) in [5.74, 6) is 0.335. The SMILES string of the molecule is Cc1noc(C)c1S(=O)(=O)N1CCN(Cn2c(=S)n(C)c3ccccc32)CC1. The van der Waals surface area contributed by atoms with E-state index in [1.54, 1.807) is 13.8 Å². The maximum Gasteiger partial charge on any atom is 0.248 e. The lowest BCUT2D eigenvalue weighted by atomic mass is 10.3. The molecule has 1 aromatic carbocycles. The van der Waals surface area contributed by atoms with Gasteiger partial charge in [0.05, 0.1) is 17.7 Å². The molecule has 3 heterocycles. The van der Waals surface area contributed by atoms with Crippen molar-refractivity contribution in [2.45, 2.75) is 25.4 Å². The molecular weight excluding hydrogens is 398 g/mol. The molecular formula is C18H23N5O3S2. The highest BCUT2D eigenvalue weighted by Crippen LogP contribution is 2.24. The molecule has 1 aliphatic rings. The van der Waals surface area contributed by atoms with Crippen LogP contribution in [0.25, 0.3) is 11.0 Å². The topological polar surface area (TPSA) is 76.5 Å². The summed E-state index contributed by atoms with van der Waals surface area (Å²) in [6, 6.07) is 8.11. The van der Waals surface area contributed by atoms with Crippen molar-refractivity contribution in [1.82, 2.24) is 23.5 Å². The maximum atomic E-state index is 13.0. The molecule has 2 aromatic heterocycles. The summed E-state index contributed by atoms with van der Waals surface area (Å²) in [6.07, 6.45) is 0. The number of sulfonamides is 1. The average molecular weight is 422 g/mol. The van der Waals surface area contributed by atoms with Crippen LogP contribution in [0.5, 0.6) is 0 Å². The molecule has 1 saturated heterocycles. The number of rotatable bonds is 4. The molecule has 28 heavy (non-hydrogen) atoms. The monoisotopic (exact) mass is 421 g/mol. The normalized spacial score (nSPS) is 16.8. The Kier molecular flexibility index (Phi) is 4.90. The van der Waals surface area contributed by atoms with Crippen molar-refractivity contribution in [3.63, 3.8) is 0 Å². The molecule has 0 N–H and O–H groups in total. The molecule has 0 amide bonds. The van der Waals surface area contributed by atoms with Crippen LogP contribution < -0.4 is 0 Å². The Balaban J connectivity index is 1.52. The molecule has 3 aromatic rings. The third kappa shape index (κ3) is 3.10. The lowest BCUT2D eigenvalue weighted by Crippen LogP contribution is -2.49. The fourth-order valence-electron chi connectivity index (χ4n) is 3.78. The van der Waals surface area contributed by atoms with Gasteiger partial charge in [-0.1, -0.05) is 17.3 Å². The van der Waals surface area contributed by atoms with Gasteiger partial charge in [0.2, 0.25) is 10.0 Å². The Morgan fingerprint density at radius 3 is 2.36 bits per heavy atom. The predicted molar refractivity (Wildman–Crippen MR) is 108 cm³/mol. The molecule has 150 valence electrons. The van der Waals surface area contributed by atoms with Crippen molar-refractivity contribution in [3.8, 4) is 0 Å². The molecule has 1 fully saturated rings. The predicted octanol–water partition coefficient (Wildman–Crippen LogP) is 2.28. The van der Waals surface area contributed by atoms with E-state index >= 15 is 0 Å². The van der Waals surface area contributed by atoms with Crippen LogP contribution in [0.15, 0.2) is 33.7 Å². The van der Waals surface area contributed by atoms with Crippen LogP contribution in [-0.4, -0.2) is 58.1 Å². The van der Waals surface area contributed by atoms with E-state index in [-0.39, 0.29) is 4.90 Å². The number of imidazole rings is 1. The third-order valence-electron chi connectivity index (χ3n) is 5.29. The van der Waals surface area contributed by atoms with Gasteiger partial charge in [-0.05, 0) is 38.2 Å². The van der Waals surface area contributed by atoms with E-state index in [2.05, 4.69) is 26.8 Å². The van der Waals surface area contributed by atoms with Crippen LogP contribution in [-0.2, 0) is 23.7 Å². The van der Waals surface area contributed by atoms with E-state index in [9.17, 15) is 8.42 Å². The van der Waals surface area contributed by atoms with Crippen molar-refractivity contribution in [2.75, 3.05) is 26.2 Å². The fourth-order valence-corrected chi connectivity index (χ4v) is 5.75. The molecule has 1 aliphatic heterocycles. The van der Waals surface area contributed by atoms with Crippen LogP contribution in [0.4, 0.5) is 0 Å². The zero-order chi connectivity index (χ0) is 20.1. The van der Waals surface area contributed by atoms with Gasteiger partial charge in [-0.3, -0.25) is 4.90 Å². The zero-order valence-electron chi connectivity index (χ0n) is 16.1. The van der Waals surface area contributed by atoms with Gasteiger partial charge in [0.1, 0.15) is 10.6 Å². The second-order valence-corrected chi connectivity index (χ2v) is 9.32. The first-order chi connectivity index (χ1) is 13.3. The number of benzene rings is 1. The van der Waals surface area contributed by atoms with E-state index < -0.39 is 10.0 Å². The minimum absolute atomic E-state index is 0.192. The van der Waals surface area contributed by atoms with Crippen LogP contribution in [0.1, 0.15) is 11.5 Å². The second kappa shape index (κ2) is 7.11. The Morgan fingerprint density at radius 2 is 1.75 bits per heavy atom. The van der Waals surface area contributed by atoms with Crippen molar-refractivity contribution >= 4 is 33.3 Å². The summed E-state index contributed by atoms with van der Waals surface area (Å²) < 4.78 is 37.4. The smallest absolute Gasteiger partial charge is 0.248 e. The molecule has 0 aliphatic carbocycles. The first-order valence-electron chi connectivity index (χ1n) is 9.10. The molecule has 0 radical (unpaired) electrons. The largest absolute Gasteiger partial charge is 0.360 e. The van der Waals surface area contributed by atoms with Gasteiger partial charge in [0.25, 0.3) is 0 Å². The van der Waals surface area contributed by atoms with Gasteiger partial charge < -0.3 is 13.7 Å². The Bertz CT molecular complexity index is 1160. The summed E-state index contributed by atoms with van der Waals surface area (Å²) >= 11 is 5.60. The number of fused-ring (bicyclic) bond motifs is 1. The van der Waals surface area contributed by atoms with Crippen molar-refractivity contribution in [3.05, 3.63) is 40.5 Å². The average Bonchev–Trinajstić information content (AvgIpc) is 3.14. The molecule has 0 bridgehead atoms. The summed E-state index contributed by atoms with van der Waals surface area (Å²) in [4.78, 5) is 2.42. The van der Waals surface area contributed by atoms with Crippen LogP contribution in [0, 0.1) is 18.6 Å². The van der Waals surface area contributed by atoms with Crippen LogP contribution >= 0.6 is 12.2 Å². The van der Waals surface area contributed by atoms with Crippen molar-refractivity contribution in [1.29, 1.82) is 0 Å². The number of aryl methyl sites for hydroxylation is 3.